The SMILES string of the molecule is COCc1noc(CN2CCC[C@H]2[C@@](C)(O)c2ccc(OC)cc2)n1. The Morgan fingerprint density at radius 2 is 2.08 bits per heavy atom. The van der Waals surface area contributed by atoms with E-state index in [1.807, 2.05) is 31.2 Å². The van der Waals surface area contributed by atoms with Crippen LogP contribution in [0.2, 0.25) is 0 Å². The Morgan fingerprint density at radius 1 is 1.32 bits per heavy atom. The molecule has 136 valence electrons. The van der Waals surface area contributed by atoms with Crippen molar-refractivity contribution in [3.8, 4) is 5.75 Å². The number of hydrogen-bond acceptors (Lipinski definition) is 7. The fourth-order valence-electron chi connectivity index (χ4n) is 3.49. The second kappa shape index (κ2) is 7.51. The first-order valence-electron chi connectivity index (χ1n) is 8.46. The van der Waals surface area contributed by atoms with E-state index in [0.717, 1.165) is 30.7 Å². The number of benzene rings is 1. The summed E-state index contributed by atoms with van der Waals surface area (Å²) in [5.41, 5.74) is -0.103. The third-order valence-corrected chi connectivity index (χ3v) is 4.81. The topological polar surface area (TPSA) is 80.9 Å². The van der Waals surface area contributed by atoms with Crippen LogP contribution in [0, 0.1) is 0 Å². The van der Waals surface area contributed by atoms with Gasteiger partial charge >= 0.3 is 0 Å². The maximum atomic E-state index is 11.2. The molecule has 1 fully saturated rings. The van der Waals surface area contributed by atoms with Crippen LogP contribution in [-0.2, 0) is 23.5 Å². The second-order valence-electron chi connectivity index (χ2n) is 6.54. The van der Waals surface area contributed by atoms with Gasteiger partial charge in [-0.25, -0.2) is 0 Å². The van der Waals surface area contributed by atoms with Gasteiger partial charge in [-0.1, -0.05) is 17.3 Å². The highest BCUT2D eigenvalue weighted by molar-refractivity contribution is 5.31. The van der Waals surface area contributed by atoms with Gasteiger partial charge in [0.2, 0.25) is 5.89 Å². The lowest BCUT2D eigenvalue weighted by atomic mass is 9.86. The van der Waals surface area contributed by atoms with Crippen LogP contribution in [0.3, 0.4) is 0 Å². The minimum absolute atomic E-state index is 0.0151. The first-order chi connectivity index (χ1) is 12.0. The standard InChI is InChI=1S/C18H25N3O4/c1-18(22,13-6-8-14(24-3)9-7-13)15-5-4-10-21(15)11-17-19-16(12-23-2)20-25-17/h6-9,15,22H,4-5,10-12H2,1-3H3/t15-,18-/m0/s1. The van der Waals surface area contributed by atoms with Crippen LogP contribution in [0.5, 0.6) is 5.75 Å². The summed E-state index contributed by atoms with van der Waals surface area (Å²) in [6.45, 7) is 3.60. The van der Waals surface area contributed by atoms with Crippen molar-refractivity contribution in [2.45, 2.75) is 44.6 Å². The van der Waals surface area contributed by atoms with Crippen LogP contribution in [0.15, 0.2) is 28.8 Å². The van der Waals surface area contributed by atoms with Crippen molar-refractivity contribution >= 4 is 0 Å². The highest BCUT2D eigenvalue weighted by Gasteiger charge is 2.41. The summed E-state index contributed by atoms with van der Waals surface area (Å²) in [5, 5.41) is 15.1. The van der Waals surface area contributed by atoms with Gasteiger partial charge in [-0.15, -0.1) is 0 Å². The number of hydrogen-bond donors (Lipinski definition) is 1. The molecule has 0 radical (unpaired) electrons. The Kier molecular flexibility index (Phi) is 5.36. The number of aliphatic hydroxyl groups is 1. The lowest BCUT2D eigenvalue weighted by Crippen LogP contribution is -2.45. The molecule has 0 aliphatic carbocycles. The normalized spacial score (nSPS) is 20.6. The molecule has 25 heavy (non-hydrogen) atoms. The lowest BCUT2D eigenvalue weighted by Gasteiger charge is -2.36. The number of methoxy groups -OCH3 is 2. The average molecular weight is 347 g/mol. The molecule has 1 N–H and O–H groups in total. The Labute approximate surface area is 147 Å². The summed E-state index contributed by atoms with van der Waals surface area (Å²) in [7, 11) is 3.23. The number of nitrogens with zero attached hydrogens (tertiary/aromatic N) is 3. The summed E-state index contributed by atoms with van der Waals surface area (Å²) in [6.07, 6.45) is 1.94. The maximum Gasteiger partial charge on any atom is 0.240 e. The van der Waals surface area contributed by atoms with Gasteiger partial charge < -0.3 is 19.1 Å². The molecule has 1 aliphatic rings. The second-order valence-corrected chi connectivity index (χ2v) is 6.54. The molecule has 1 aromatic heterocycles. The predicted molar refractivity (Wildman–Crippen MR) is 91.0 cm³/mol. The summed E-state index contributed by atoms with van der Waals surface area (Å²) >= 11 is 0. The van der Waals surface area contributed by atoms with Crippen molar-refractivity contribution in [1.29, 1.82) is 0 Å². The quantitative estimate of drug-likeness (QED) is 0.821. The molecule has 2 aromatic rings. The molecular weight excluding hydrogens is 322 g/mol. The van der Waals surface area contributed by atoms with Gasteiger partial charge in [0.25, 0.3) is 0 Å². The summed E-state index contributed by atoms with van der Waals surface area (Å²) in [6, 6.07) is 7.56. The van der Waals surface area contributed by atoms with E-state index in [1.54, 1.807) is 14.2 Å². The zero-order chi connectivity index (χ0) is 17.9. The molecule has 0 bridgehead atoms. The fraction of sp³-hybridized carbons (Fsp3) is 0.556. The van der Waals surface area contributed by atoms with Crippen molar-refractivity contribution < 1.29 is 19.1 Å². The molecular formula is C18H25N3O4. The molecule has 2 atom stereocenters. The van der Waals surface area contributed by atoms with E-state index in [9.17, 15) is 5.11 Å². The molecule has 0 unspecified atom stereocenters. The highest BCUT2D eigenvalue weighted by atomic mass is 16.5. The van der Waals surface area contributed by atoms with Crippen LogP contribution in [0.25, 0.3) is 0 Å². The van der Waals surface area contributed by atoms with Gasteiger partial charge in [0, 0.05) is 13.2 Å². The van der Waals surface area contributed by atoms with Gasteiger partial charge in [-0.3, -0.25) is 4.90 Å². The number of rotatable bonds is 7. The van der Waals surface area contributed by atoms with Crippen molar-refractivity contribution in [1.82, 2.24) is 15.0 Å². The molecule has 0 spiro atoms. The van der Waals surface area contributed by atoms with Crippen LogP contribution in [-0.4, -0.2) is 47.0 Å². The Hall–Kier alpha value is -1.96. The van der Waals surface area contributed by atoms with Crippen molar-refractivity contribution in [3.63, 3.8) is 0 Å². The van der Waals surface area contributed by atoms with E-state index >= 15 is 0 Å². The average Bonchev–Trinajstić information content (AvgIpc) is 3.25. The van der Waals surface area contributed by atoms with E-state index in [4.69, 9.17) is 14.0 Å². The van der Waals surface area contributed by atoms with Crippen LogP contribution >= 0.6 is 0 Å². The third-order valence-electron chi connectivity index (χ3n) is 4.81. The Morgan fingerprint density at radius 3 is 2.76 bits per heavy atom. The molecule has 0 amide bonds. The van der Waals surface area contributed by atoms with Crippen molar-refractivity contribution in [3.05, 3.63) is 41.5 Å². The maximum absolute atomic E-state index is 11.2. The minimum atomic E-state index is -0.974. The molecule has 2 heterocycles. The van der Waals surface area contributed by atoms with Crippen molar-refractivity contribution in [2.75, 3.05) is 20.8 Å². The monoisotopic (exact) mass is 347 g/mol. The van der Waals surface area contributed by atoms with Gasteiger partial charge in [0.15, 0.2) is 5.82 Å². The van der Waals surface area contributed by atoms with E-state index in [0.29, 0.717) is 24.9 Å². The van der Waals surface area contributed by atoms with Gasteiger partial charge in [-0.2, -0.15) is 4.98 Å². The largest absolute Gasteiger partial charge is 0.497 e. The van der Waals surface area contributed by atoms with E-state index < -0.39 is 5.60 Å². The third kappa shape index (κ3) is 3.84. The molecule has 0 saturated carbocycles. The van der Waals surface area contributed by atoms with E-state index in [1.165, 1.54) is 0 Å². The molecule has 3 rings (SSSR count). The Balaban J connectivity index is 1.74. The first kappa shape index (κ1) is 17.8. The smallest absolute Gasteiger partial charge is 0.240 e. The van der Waals surface area contributed by atoms with E-state index in [2.05, 4.69) is 15.0 Å². The molecule has 1 saturated heterocycles. The van der Waals surface area contributed by atoms with Gasteiger partial charge in [0.1, 0.15) is 18.0 Å². The summed E-state index contributed by atoms with van der Waals surface area (Å²) in [4.78, 5) is 6.54. The van der Waals surface area contributed by atoms with Gasteiger partial charge in [-0.05, 0) is 44.0 Å². The van der Waals surface area contributed by atoms with Gasteiger partial charge in [0.05, 0.1) is 13.7 Å². The summed E-state index contributed by atoms with van der Waals surface area (Å²) < 4.78 is 15.5. The number of aromatic nitrogens is 2. The molecule has 1 aromatic carbocycles. The van der Waals surface area contributed by atoms with E-state index in [-0.39, 0.29) is 6.04 Å². The molecule has 7 nitrogen and oxygen atoms in total. The number of likely N-dealkylation sites (tertiary alicyclic amines) is 1. The zero-order valence-corrected chi connectivity index (χ0v) is 14.9. The Bertz CT molecular complexity index is 684. The van der Waals surface area contributed by atoms with Crippen LogP contribution in [0.1, 0.15) is 37.0 Å². The summed E-state index contributed by atoms with van der Waals surface area (Å²) in [5.74, 6) is 1.86. The molecule has 7 heteroatoms. The van der Waals surface area contributed by atoms with Crippen LogP contribution < -0.4 is 4.74 Å². The lowest BCUT2D eigenvalue weighted by molar-refractivity contribution is -0.0278. The first-order valence-corrected chi connectivity index (χ1v) is 8.46. The molecule has 1 aliphatic heterocycles. The number of ether oxygens (including phenoxy) is 2. The highest BCUT2D eigenvalue weighted by Crippen LogP contribution is 2.35. The predicted octanol–water partition coefficient (Wildman–Crippen LogP) is 2.10. The van der Waals surface area contributed by atoms with Crippen LogP contribution in [0.4, 0.5) is 0 Å². The van der Waals surface area contributed by atoms with Crippen molar-refractivity contribution in [2.24, 2.45) is 0 Å². The fourth-order valence-corrected chi connectivity index (χ4v) is 3.49. The minimum Gasteiger partial charge on any atom is -0.497 e. The zero-order valence-electron chi connectivity index (χ0n) is 14.9.